The summed E-state index contributed by atoms with van der Waals surface area (Å²) < 4.78 is 13.5. The predicted octanol–water partition coefficient (Wildman–Crippen LogP) is 2.59. The minimum atomic E-state index is -0.855. The zero-order valence-corrected chi connectivity index (χ0v) is 15.4. The molecule has 0 saturated carbocycles. The first kappa shape index (κ1) is 18.9. The molecule has 2 aromatic carbocycles. The molecule has 2 amide bonds. The van der Waals surface area contributed by atoms with E-state index >= 15 is 0 Å². The molecule has 0 atom stereocenters. The molecule has 5 nitrogen and oxygen atoms in total. The van der Waals surface area contributed by atoms with E-state index in [9.17, 15) is 14.0 Å². The summed E-state index contributed by atoms with van der Waals surface area (Å²) in [5, 5.41) is 5.90. The molecule has 0 unspecified atom stereocenters. The van der Waals surface area contributed by atoms with Gasteiger partial charge in [0.1, 0.15) is 11.4 Å². The van der Waals surface area contributed by atoms with E-state index in [0.29, 0.717) is 38.0 Å². The van der Waals surface area contributed by atoms with E-state index in [4.69, 9.17) is 0 Å². The summed E-state index contributed by atoms with van der Waals surface area (Å²) in [5.74, 6) is -0.457. The lowest BCUT2D eigenvalue weighted by Gasteiger charge is -2.41. The van der Waals surface area contributed by atoms with Crippen LogP contribution in [0.1, 0.15) is 18.4 Å². The molecule has 1 saturated heterocycles. The van der Waals surface area contributed by atoms with Gasteiger partial charge in [-0.1, -0.05) is 36.4 Å². The Morgan fingerprint density at radius 1 is 1.07 bits per heavy atom. The number of halogens is 1. The molecule has 142 valence electrons. The van der Waals surface area contributed by atoms with Crippen LogP contribution in [-0.2, 0) is 16.0 Å². The highest BCUT2D eigenvalue weighted by atomic mass is 19.1. The van der Waals surface area contributed by atoms with Crippen LogP contribution >= 0.6 is 0 Å². The number of nitrogens with one attached hydrogen (secondary N) is 2. The highest BCUT2D eigenvalue weighted by molar-refractivity contribution is 5.90. The normalized spacial score (nSPS) is 15.9. The summed E-state index contributed by atoms with van der Waals surface area (Å²) in [6.45, 7) is 0.947. The summed E-state index contributed by atoms with van der Waals surface area (Å²) in [5.41, 5.74) is 0.678. The van der Waals surface area contributed by atoms with Crippen molar-refractivity contribution in [3.63, 3.8) is 0 Å². The smallest absolute Gasteiger partial charge is 0.245 e. The molecule has 1 fully saturated rings. The number of piperidine rings is 1. The molecule has 0 aliphatic carbocycles. The van der Waals surface area contributed by atoms with Gasteiger partial charge in [0.2, 0.25) is 11.8 Å². The van der Waals surface area contributed by atoms with Crippen LogP contribution in [0.4, 0.5) is 10.1 Å². The van der Waals surface area contributed by atoms with Crippen LogP contribution in [0.15, 0.2) is 54.6 Å². The van der Waals surface area contributed by atoms with E-state index in [1.54, 1.807) is 24.1 Å². The van der Waals surface area contributed by atoms with Crippen molar-refractivity contribution in [1.82, 2.24) is 10.2 Å². The highest BCUT2D eigenvalue weighted by Crippen LogP contribution is 2.28. The first-order valence-corrected chi connectivity index (χ1v) is 9.10. The number of amides is 2. The number of likely N-dealkylation sites (tertiary alicyclic amines) is 1. The third kappa shape index (κ3) is 4.45. The third-order valence-electron chi connectivity index (χ3n) is 5.04. The van der Waals surface area contributed by atoms with Crippen molar-refractivity contribution < 1.29 is 14.0 Å². The van der Waals surface area contributed by atoms with Gasteiger partial charge in [-0.2, -0.15) is 0 Å². The minimum Gasteiger partial charge on any atom is -0.371 e. The topological polar surface area (TPSA) is 61.4 Å². The van der Waals surface area contributed by atoms with E-state index in [1.165, 1.54) is 12.1 Å². The maximum atomic E-state index is 13.5. The molecule has 2 N–H and O–H groups in total. The fraction of sp³-hybridized carbons (Fsp3) is 0.333. The predicted molar refractivity (Wildman–Crippen MR) is 103 cm³/mol. The van der Waals surface area contributed by atoms with Gasteiger partial charge in [-0.25, -0.2) is 4.39 Å². The number of carbonyl (C=O) groups is 2. The Hall–Kier alpha value is -2.89. The van der Waals surface area contributed by atoms with Gasteiger partial charge in [0.05, 0.1) is 6.42 Å². The maximum absolute atomic E-state index is 13.5. The van der Waals surface area contributed by atoms with Crippen LogP contribution in [0.2, 0.25) is 0 Å². The van der Waals surface area contributed by atoms with Crippen molar-refractivity contribution in [2.45, 2.75) is 24.8 Å². The van der Waals surface area contributed by atoms with Gasteiger partial charge in [-0.3, -0.25) is 9.59 Å². The van der Waals surface area contributed by atoms with Crippen LogP contribution in [0, 0.1) is 5.82 Å². The van der Waals surface area contributed by atoms with Crippen LogP contribution in [0.5, 0.6) is 0 Å². The second-order valence-electron chi connectivity index (χ2n) is 6.84. The minimum absolute atomic E-state index is 0.0532. The summed E-state index contributed by atoms with van der Waals surface area (Å²) in [6, 6.07) is 15.7. The van der Waals surface area contributed by atoms with Crippen LogP contribution in [0.3, 0.4) is 0 Å². The summed E-state index contributed by atoms with van der Waals surface area (Å²) in [6.07, 6.45) is 1.28. The number of hydrogen-bond acceptors (Lipinski definition) is 3. The number of anilines is 1. The Morgan fingerprint density at radius 2 is 1.78 bits per heavy atom. The largest absolute Gasteiger partial charge is 0.371 e. The van der Waals surface area contributed by atoms with Crippen molar-refractivity contribution in [1.29, 1.82) is 0 Å². The fourth-order valence-corrected chi connectivity index (χ4v) is 3.51. The molecule has 3 rings (SSSR count). The van der Waals surface area contributed by atoms with E-state index in [-0.39, 0.29) is 17.6 Å². The maximum Gasteiger partial charge on any atom is 0.245 e. The average molecular weight is 369 g/mol. The number of carbonyl (C=O) groups excluding carboxylic acids is 2. The molecule has 0 spiro atoms. The molecule has 2 aromatic rings. The molecule has 0 aromatic heterocycles. The van der Waals surface area contributed by atoms with Crippen LogP contribution in [0.25, 0.3) is 0 Å². The molecule has 0 bridgehead atoms. The molecule has 1 heterocycles. The second kappa shape index (κ2) is 8.20. The van der Waals surface area contributed by atoms with Crippen molar-refractivity contribution in [2.75, 3.05) is 25.5 Å². The van der Waals surface area contributed by atoms with Gasteiger partial charge in [0.25, 0.3) is 0 Å². The lowest BCUT2D eigenvalue weighted by atomic mass is 9.85. The molecule has 6 heteroatoms. The van der Waals surface area contributed by atoms with Gasteiger partial charge < -0.3 is 15.5 Å². The number of benzene rings is 2. The Kier molecular flexibility index (Phi) is 5.74. The van der Waals surface area contributed by atoms with Gasteiger partial charge in [-0.15, -0.1) is 0 Å². The van der Waals surface area contributed by atoms with Crippen LogP contribution in [-0.4, -0.2) is 42.4 Å². The molecule has 1 aliphatic rings. The lowest BCUT2D eigenvalue weighted by Crippen LogP contribution is -2.58. The number of hydrogen-bond donors (Lipinski definition) is 2. The van der Waals surface area contributed by atoms with Crippen molar-refractivity contribution in [3.8, 4) is 0 Å². The quantitative estimate of drug-likeness (QED) is 0.852. The second-order valence-corrected chi connectivity index (χ2v) is 6.84. The van der Waals surface area contributed by atoms with E-state index in [1.807, 2.05) is 30.3 Å². The Labute approximate surface area is 158 Å². The van der Waals surface area contributed by atoms with Crippen molar-refractivity contribution in [2.24, 2.45) is 0 Å². The fourth-order valence-electron chi connectivity index (χ4n) is 3.51. The van der Waals surface area contributed by atoms with Gasteiger partial charge in [-0.05, 0) is 36.6 Å². The van der Waals surface area contributed by atoms with E-state index in [2.05, 4.69) is 10.6 Å². The van der Waals surface area contributed by atoms with Crippen molar-refractivity contribution >= 4 is 17.5 Å². The number of rotatable bonds is 5. The molecule has 1 aliphatic heterocycles. The van der Waals surface area contributed by atoms with E-state index < -0.39 is 5.54 Å². The molecule has 27 heavy (non-hydrogen) atoms. The standard InChI is InChI=1S/C21H24FN3O2/c1-23-20(27)21(24-18-9-5-8-17(22)15-18)10-12-25(13-11-21)19(26)14-16-6-3-2-4-7-16/h2-9,15,24H,10-14H2,1H3,(H,23,27). The Morgan fingerprint density at radius 3 is 2.41 bits per heavy atom. The molecular formula is C21H24FN3O2. The summed E-state index contributed by atoms with van der Waals surface area (Å²) in [7, 11) is 1.59. The van der Waals surface area contributed by atoms with Gasteiger partial charge in [0.15, 0.2) is 0 Å². The third-order valence-corrected chi connectivity index (χ3v) is 5.04. The number of likely N-dealkylation sites (N-methyl/N-ethyl adjacent to an activating group) is 1. The summed E-state index contributed by atoms with van der Waals surface area (Å²) in [4.78, 5) is 26.9. The Balaban J connectivity index is 1.68. The summed E-state index contributed by atoms with van der Waals surface area (Å²) >= 11 is 0. The first-order valence-electron chi connectivity index (χ1n) is 9.10. The zero-order chi connectivity index (χ0) is 19.3. The van der Waals surface area contributed by atoms with Gasteiger partial charge >= 0.3 is 0 Å². The van der Waals surface area contributed by atoms with Crippen molar-refractivity contribution in [3.05, 3.63) is 66.0 Å². The SMILES string of the molecule is CNC(=O)C1(Nc2cccc(F)c2)CCN(C(=O)Cc2ccccc2)CC1. The van der Waals surface area contributed by atoms with Crippen LogP contribution < -0.4 is 10.6 Å². The highest BCUT2D eigenvalue weighted by Gasteiger charge is 2.41. The molecular weight excluding hydrogens is 345 g/mol. The average Bonchev–Trinajstić information content (AvgIpc) is 2.68. The number of nitrogens with zero attached hydrogens (tertiary/aromatic N) is 1. The van der Waals surface area contributed by atoms with E-state index in [0.717, 1.165) is 5.56 Å². The zero-order valence-electron chi connectivity index (χ0n) is 15.4. The Bertz CT molecular complexity index is 802. The molecule has 0 radical (unpaired) electrons. The van der Waals surface area contributed by atoms with Gasteiger partial charge in [0, 0.05) is 25.8 Å². The monoisotopic (exact) mass is 369 g/mol. The first-order chi connectivity index (χ1) is 13.0. The lowest BCUT2D eigenvalue weighted by molar-refractivity contribution is -0.135.